The van der Waals surface area contributed by atoms with Gasteiger partial charge in [0.25, 0.3) is 0 Å². The Balaban J connectivity index is 2.14. The van der Waals surface area contributed by atoms with E-state index in [-0.39, 0.29) is 5.78 Å². The minimum absolute atomic E-state index is 0.0233. The van der Waals surface area contributed by atoms with Gasteiger partial charge in [-0.3, -0.25) is 4.79 Å². The number of rotatable bonds is 3. The van der Waals surface area contributed by atoms with E-state index in [4.69, 9.17) is 0 Å². The Bertz CT molecular complexity index is 490. The number of hydrogen-bond acceptors (Lipinski definition) is 5. The summed E-state index contributed by atoms with van der Waals surface area (Å²) in [6.45, 7) is 0. The summed E-state index contributed by atoms with van der Waals surface area (Å²) in [5.74, 6) is -0.0233. The molecule has 0 aliphatic rings. The van der Waals surface area contributed by atoms with Gasteiger partial charge in [-0.25, -0.2) is 0 Å². The Labute approximate surface area is 103 Å². The van der Waals surface area contributed by atoms with E-state index in [1.165, 1.54) is 28.9 Å². The summed E-state index contributed by atoms with van der Waals surface area (Å²) in [6, 6.07) is 1.86. The van der Waals surface area contributed by atoms with Crippen molar-refractivity contribution < 1.29 is 4.79 Å². The van der Waals surface area contributed by atoms with Crippen LogP contribution in [-0.2, 0) is 0 Å². The van der Waals surface area contributed by atoms with Gasteiger partial charge in [-0.2, -0.15) is 0 Å². The molecule has 0 saturated carbocycles. The minimum atomic E-state index is -0.0233. The third kappa shape index (κ3) is 2.58. The Morgan fingerprint density at radius 1 is 1.53 bits per heavy atom. The predicted molar refractivity (Wildman–Crippen MR) is 65.3 cm³/mol. The van der Waals surface area contributed by atoms with Gasteiger partial charge in [0.05, 0.1) is 10.6 Å². The Kier molecular flexibility index (Phi) is 3.40. The summed E-state index contributed by atoms with van der Waals surface area (Å²) in [6.07, 6.45) is 3.17. The summed E-state index contributed by atoms with van der Waals surface area (Å²) in [5, 5.41) is 7.47. The van der Waals surface area contributed by atoms with E-state index < -0.39 is 0 Å². The monoisotopic (exact) mass is 300 g/mol. The maximum atomic E-state index is 11.7. The molecule has 6 heteroatoms. The lowest BCUT2D eigenvalue weighted by atomic mass is 10.3. The van der Waals surface area contributed by atoms with Crippen LogP contribution in [0.25, 0.3) is 6.08 Å². The van der Waals surface area contributed by atoms with E-state index in [0.29, 0.717) is 10.6 Å². The van der Waals surface area contributed by atoms with Crippen molar-refractivity contribution in [2.75, 3.05) is 0 Å². The van der Waals surface area contributed by atoms with Gasteiger partial charge in [0, 0.05) is 9.85 Å². The van der Waals surface area contributed by atoms with Gasteiger partial charge in [-0.15, -0.1) is 16.4 Å². The van der Waals surface area contributed by atoms with E-state index in [1.54, 1.807) is 11.5 Å². The summed E-state index contributed by atoms with van der Waals surface area (Å²) in [7, 11) is 0. The fourth-order valence-corrected chi connectivity index (χ4v) is 2.86. The standard InChI is InChI=1S/C9H5BrN2OS2/c10-7-3-4-14-9(7)8(13)2-1-6-5-15-12-11-6/h1-5H. The number of hydrogen-bond donors (Lipinski definition) is 0. The van der Waals surface area contributed by atoms with Crippen molar-refractivity contribution in [3.05, 3.63) is 37.9 Å². The summed E-state index contributed by atoms with van der Waals surface area (Å²) >= 11 is 5.99. The fourth-order valence-electron chi connectivity index (χ4n) is 0.951. The first-order valence-corrected chi connectivity index (χ1v) is 6.51. The number of halogens is 1. The van der Waals surface area contributed by atoms with Crippen molar-refractivity contribution in [3.63, 3.8) is 0 Å². The smallest absolute Gasteiger partial charge is 0.196 e. The summed E-state index contributed by atoms with van der Waals surface area (Å²) < 4.78 is 4.53. The molecule has 0 fully saturated rings. The van der Waals surface area contributed by atoms with Crippen molar-refractivity contribution in [1.29, 1.82) is 0 Å². The molecule has 2 heterocycles. The highest BCUT2D eigenvalue weighted by atomic mass is 79.9. The molecule has 2 aromatic rings. The quantitative estimate of drug-likeness (QED) is 0.645. The van der Waals surface area contributed by atoms with Gasteiger partial charge >= 0.3 is 0 Å². The molecule has 0 N–H and O–H groups in total. The first-order chi connectivity index (χ1) is 7.27. The molecule has 0 amide bonds. The van der Waals surface area contributed by atoms with Crippen LogP contribution < -0.4 is 0 Å². The lowest BCUT2D eigenvalue weighted by Crippen LogP contribution is -1.90. The van der Waals surface area contributed by atoms with Crippen LogP contribution in [0, 0.1) is 0 Å². The lowest BCUT2D eigenvalue weighted by Gasteiger charge is -1.89. The van der Waals surface area contributed by atoms with Gasteiger partial charge in [-0.05, 0) is 51.1 Å². The van der Waals surface area contributed by atoms with Gasteiger partial charge < -0.3 is 0 Å². The van der Waals surface area contributed by atoms with Gasteiger partial charge in [0.2, 0.25) is 0 Å². The molecule has 0 atom stereocenters. The van der Waals surface area contributed by atoms with E-state index in [2.05, 4.69) is 25.5 Å². The molecule has 0 aromatic carbocycles. The molecule has 76 valence electrons. The fraction of sp³-hybridized carbons (Fsp3) is 0. The van der Waals surface area contributed by atoms with Crippen LogP contribution in [-0.4, -0.2) is 15.4 Å². The number of allylic oxidation sites excluding steroid dienone is 1. The normalized spacial score (nSPS) is 11.0. The molecule has 2 aromatic heterocycles. The average Bonchev–Trinajstić information content (AvgIpc) is 2.84. The Hall–Kier alpha value is -0.850. The largest absolute Gasteiger partial charge is 0.288 e. The Morgan fingerprint density at radius 3 is 3.00 bits per heavy atom. The second-order valence-electron chi connectivity index (χ2n) is 2.63. The number of thiophene rings is 1. The van der Waals surface area contributed by atoms with Crippen LogP contribution in [0.2, 0.25) is 0 Å². The van der Waals surface area contributed by atoms with Crippen LogP contribution in [0.4, 0.5) is 0 Å². The molecule has 0 aliphatic carbocycles. The zero-order valence-electron chi connectivity index (χ0n) is 7.38. The average molecular weight is 301 g/mol. The molecule has 0 bridgehead atoms. The van der Waals surface area contributed by atoms with Crippen LogP contribution in [0.5, 0.6) is 0 Å². The molecule has 2 rings (SSSR count). The van der Waals surface area contributed by atoms with Crippen molar-refractivity contribution in [1.82, 2.24) is 9.59 Å². The highest BCUT2D eigenvalue weighted by molar-refractivity contribution is 9.10. The molecule has 0 spiro atoms. The van der Waals surface area contributed by atoms with Crippen molar-refractivity contribution in [2.45, 2.75) is 0 Å². The van der Waals surface area contributed by atoms with Crippen molar-refractivity contribution >= 4 is 50.7 Å². The summed E-state index contributed by atoms with van der Waals surface area (Å²) in [4.78, 5) is 12.4. The maximum Gasteiger partial charge on any atom is 0.196 e. The maximum absolute atomic E-state index is 11.7. The van der Waals surface area contributed by atoms with Crippen molar-refractivity contribution in [3.8, 4) is 0 Å². The topological polar surface area (TPSA) is 42.9 Å². The van der Waals surface area contributed by atoms with Gasteiger partial charge in [0.1, 0.15) is 0 Å². The van der Waals surface area contributed by atoms with Gasteiger partial charge in [-0.1, -0.05) is 4.49 Å². The predicted octanol–water partition coefficient (Wildman–Crippen LogP) is 3.26. The highest BCUT2D eigenvalue weighted by Gasteiger charge is 2.07. The number of aromatic nitrogens is 2. The molecular weight excluding hydrogens is 296 g/mol. The lowest BCUT2D eigenvalue weighted by molar-refractivity contribution is 0.105. The molecule has 0 aliphatic heterocycles. The van der Waals surface area contributed by atoms with E-state index in [9.17, 15) is 4.79 Å². The third-order valence-electron chi connectivity index (χ3n) is 1.62. The highest BCUT2D eigenvalue weighted by Crippen LogP contribution is 2.23. The second-order valence-corrected chi connectivity index (χ2v) is 5.01. The van der Waals surface area contributed by atoms with Crippen LogP contribution >= 0.6 is 38.8 Å². The Morgan fingerprint density at radius 2 is 2.40 bits per heavy atom. The van der Waals surface area contributed by atoms with Crippen LogP contribution in [0.15, 0.2) is 27.4 Å². The molecule has 3 nitrogen and oxygen atoms in total. The first-order valence-electron chi connectivity index (χ1n) is 4.00. The molecule has 15 heavy (non-hydrogen) atoms. The number of carbonyl (C=O) groups excluding carboxylic acids is 1. The van der Waals surface area contributed by atoms with Crippen LogP contribution in [0.3, 0.4) is 0 Å². The first kappa shape index (κ1) is 10.7. The number of ketones is 1. The van der Waals surface area contributed by atoms with Crippen molar-refractivity contribution in [2.24, 2.45) is 0 Å². The minimum Gasteiger partial charge on any atom is -0.288 e. The zero-order valence-corrected chi connectivity index (χ0v) is 10.6. The van der Waals surface area contributed by atoms with E-state index in [0.717, 1.165) is 4.47 Å². The third-order valence-corrected chi connectivity index (χ3v) is 4.00. The van der Waals surface area contributed by atoms with E-state index in [1.807, 2.05) is 11.4 Å². The van der Waals surface area contributed by atoms with Crippen LogP contribution in [0.1, 0.15) is 15.4 Å². The van der Waals surface area contributed by atoms with Gasteiger partial charge in [0.15, 0.2) is 5.78 Å². The van der Waals surface area contributed by atoms with E-state index >= 15 is 0 Å². The summed E-state index contributed by atoms with van der Waals surface area (Å²) in [5.41, 5.74) is 0.709. The zero-order chi connectivity index (χ0) is 10.7. The molecule has 0 radical (unpaired) electrons. The number of carbonyl (C=O) groups is 1. The molecular formula is C9H5BrN2OS2. The molecule has 0 unspecified atom stereocenters. The second kappa shape index (κ2) is 4.78. The SMILES string of the molecule is O=C(C=Cc1csnn1)c1sccc1Br. The molecule has 0 saturated heterocycles. The number of nitrogens with zero attached hydrogens (tertiary/aromatic N) is 2.